The van der Waals surface area contributed by atoms with Crippen molar-refractivity contribution in [3.63, 3.8) is 0 Å². The Kier molecular flexibility index (Phi) is 9.04. The van der Waals surface area contributed by atoms with Crippen LogP contribution in [-0.4, -0.2) is 46.8 Å². The van der Waals surface area contributed by atoms with Crippen molar-refractivity contribution < 1.29 is 27.5 Å². The number of methoxy groups -OCH3 is 1. The van der Waals surface area contributed by atoms with Gasteiger partial charge in [0.1, 0.15) is 12.3 Å². The third kappa shape index (κ3) is 7.06. The van der Waals surface area contributed by atoms with Crippen LogP contribution in [0.15, 0.2) is 82.8 Å². The van der Waals surface area contributed by atoms with Crippen LogP contribution in [0.2, 0.25) is 5.02 Å². The second kappa shape index (κ2) is 12.2. The van der Waals surface area contributed by atoms with Gasteiger partial charge in [0.25, 0.3) is 15.9 Å². The molecule has 0 aromatic heterocycles. The number of nitrogens with zero attached hydrogens (tertiary/aromatic N) is 2. The van der Waals surface area contributed by atoms with Gasteiger partial charge in [0.2, 0.25) is 0 Å². The first kappa shape index (κ1) is 26.7. The van der Waals surface area contributed by atoms with Crippen LogP contribution in [0.1, 0.15) is 11.1 Å². The van der Waals surface area contributed by atoms with E-state index in [4.69, 9.17) is 16.3 Å². The number of anilines is 1. The highest BCUT2D eigenvalue weighted by atomic mass is 35.5. The number of rotatable bonds is 10. The van der Waals surface area contributed by atoms with E-state index in [2.05, 4.69) is 15.3 Å². The Hall–Kier alpha value is -3.89. The number of amides is 1. The molecule has 3 aromatic carbocycles. The molecule has 3 aromatic rings. The molecule has 0 spiro atoms. The SMILES string of the molecule is COC(=O)COc1cccc(/C=N\NC(=O)CN(c2ccc(Cl)cc2C)S(=O)(=O)c2ccccc2)c1. The average molecular weight is 530 g/mol. The highest BCUT2D eigenvalue weighted by Gasteiger charge is 2.28. The molecule has 0 fully saturated rings. The van der Waals surface area contributed by atoms with Crippen LogP contribution in [0.25, 0.3) is 0 Å². The largest absolute Gasteiger partial charge is 0.482 e. The van der Waals surface area contributed by atoms with E-state index in [1.54, 1.807) is 67.6 Å². The molecule has 1 N–H and O–H groups in total. The first-order valence-corrected chi connectivity index (χ1v) is 12.5. The summed E-state index contributed by atoms with van der Waals surface area (Å²) in [5.74, 6) is -0.764. The van der Waals surface area contributed by atoms with E-state index in [1.165, 1.54) is 25.5 Å². The van der Waals surface area contributed by atoms with E-state index in [9.17, 15) is 18.0 Å². The highest BCUT2D eigenvalue weighted by Crippen LogP contribution is 2.28. The molecule has 9 nitrogen and oxygen atoms in total. The fourth-order valence-electron chi connectivity index (χ4n) is 3.15. The van der Waals surface area contributed by atoms with Crippen molar-refractivity contribution in [2.24, 2.45) is 5.10 Å². The molecule has 1 amide bonds. The first-order valence-electron chi connectivity index (χ1n) is 10.7. The Bertz CT molecular complexity index is 1360. The second-order valence-electron chi connectivity index (χ2n) is 7.49. The fourth-order valence-corrected chi connectivity index (χ4v) is 4.88. The number of nitrogens with one attached hydrogen (secondary N) is 1. The summed E-state index contributed by atoms with van der Waals surface area (Å²) in [4.78, 5) is 24.0. The number of hydrogen-bond acceptors (Lipinski definition) is 7. The molecule has 36 heavy (non-hydrogen) atoms. The van der Waals surface area contributed by atoms with E-state index in [0.717, 1.165) is 4.31 Å². The molecule has 0 unspecified atom stereocenters. The maximum absolute atomic E-state index is 13.4. The molecule has 11 heteroatoms. The van der Waals surface area contributed by atoms with Gasteiger partial charge in [0.15, 0.2) is 6.61 Å². The van der Waals surface area contributed by atoms with E-state index in [0.29, 0.717) is 27.6 Å². The van der Waals surface area contributed by atoms with Gasteiger partial charge in [0.05, 0.1) is 23.9 Å². The van der Waals surface area contributed by atoms with Crippen molar-refractivity contribution >= 4 is 45.4 Å². The minimum atomic E-state index is -4.06. The van der Waals surface area contributed by atoms with Crippen molar-refractivity contribution in [3.05, 3.63) is 88.9 Å². The zero-order chi connectivity index (χ0) is 26.1. The number of ether oxygens (including phenoxy) is 2. The van der Waals surface area contributed by atoms with Crippen molar-refractivity contribution in [3.8, 4) is 5.75 Å². The normalized spacial score (nSPS) is 11.2. The van der Waals surface area contributed by atoms with Crippen LogP contribution >= 0.6 is 11.6 Å². The first-order chi connectivity index (χ1) is 17.2. The molecular formula is C25H24ClN3O6S. The molecule has 0 atom stereocenters. The Morgan fingerprint density at radius 1 is 1.06 bits per heavy atom. The predicted octanol–water partition coefficient (Wildman–Crippen LogP) is 3.55. The van der Waals surface area contributed by atoms with E-state index < -0.39 is 28.4 Å². The Labute approximate surface area is 214 Å². The standard InChI is InChI=1S/C25H24ClN3O6S/c1-18-13-20(26)11-12-23(18)29(36(32,33)22-9-4-3-5-10-22)16-24(30)28-27-15-19-7-6-8-21(14-19)35-17-25(31)34-2/h3-15H,16-17H2,1-2H3,(H,28,30)/b27-15-. The number of hydrogen-bond donors (Lipinski definition) is 1. The van der Waals surface area contributed by atoms with Crippen molar-refractivity contribution in [1.29, 1.82) is 0 Å². The van der Waals surface area contributed by atoms with Gasteiger partial charge in [0, 0.05) is 5.02 Å². The molecule has 0 aliphatic carbocycles. The van der Waals surface area contributed by atoms with Gasteiger partial charge in [-0.3, -0.25) is 9.10 Å². The Morgan fingerprint density at radius 2 is 1.81 bits per heavy atom. The molecule has 188 valence electrons. The third-order valence-electron chi connectivity index (χ3n) is 4.89. The number of hydrazone groups is 1. The lowest BCUT2D eigenvalue weighted by Gasteiger charge is -2.25. The van der Waals surface area contributed by atoms with Crippen molar-refractivity contribution in [2.45, 2.75) is 11.8 Å². The number of sulfonamides is 1. The predicted molar refractivity (Wildman–Crippen MR) is 137 cm³/mol. The average Bonchev–Trinajstić information content (AvgIpc) is 2.87. The summed E-state index contributed by atoms with van der Waals surface area (Å²) < 4.78 is 37.7. The smallest absolute Gasteiger partial charge is 0.343 e. The number of esters is 1. The van der Waals surface area contributed by atoms with Crippen LogP contribution in [0.4, 0.5) is 5.69 Å². The molecule has 0 saturated heterocycles. The number of aryl methyl sites for hydroxylation is 1. The lowest BCUT2D eigenvalue weighted by Crippen LogP contribution is -2.40. The molecule has 0 aliphatic heterocycles. The van der Waals surface area contributed by atoms with Crippen LogP contribution in [0, 0.1) is 6.92 Å². The highest BCUT2D eigenvalue weighted by molar-refractivity contribution is 7.92. The van der Waals surface area contributed by atoms with E-state index in [1.807, 2.05) is 0 Å². The van der Waals surface area contributed by atoms with Gasteiger partial charge in [-0.05, 0) is 60.5 Å². The van der Waals surface area contributed by atoms with Crippen LogP contribution in [0.5, 0.6) is 5.75 Å². The molecular weight excluding hydrogens is 506 g/mol. The second-order valence-corrected chi connectivity index (χ2v) is 9.78. The summed E-state index contributed by atoms with van der Waals surface area (Å²) in [6.07, 6.45) is 1.37. The number of benzene rings is 3. The monoisotopic (exact) mass is 529 g/mol. The molecule has 0 bridgehead atoms. The van der Waals surface area contributed by atoms with Crippen molar-refractivity contribution in [1.82, 2.24) is 5.43 Å². The van der Waals surface area contributed by atoms with Crippen molar-refractivity contribution in [2.75, 3.05) is 24.6 Å². The molecule has 0 heterocycles. The maximum Gasteiger partial charge on any atom is 0.343 e. The lowest BCUT2D eigenvalue weighted by molar-refractivity contribution is -0.142. The topological polar surface area (TPSA) is 114 Å². The molecule has 0 saturated carbocycles. The quantitative estimate of drug-likeness (QED) is 0.244. The van der Waals surface area contributed by atoms with Gasteiger partial charge in [-0.15, -0.1) is 0 Å². The van der Waals surface area contributed by atoms with E-state index >= 15 is 0 Å². The number of halogens is 1. The summed E-state index contributed by atoms with van der Waals surface area (Å²) >= 11 is 6.04. The summed E-state index contributed by atoms with van der Waals surface area (Å²) in [6.45, 7) is 0.947. The van der Waals surface area contributed by atoms with Crippen LogP contribution in [-0.2, 0) is 24.3 Å². The summed E-state index contributed by atoms with van der Waals surface area (Å²) in [5, 5.41) is 4.36. The summed E-state index contributed by atoms with van der Waals surface area (Å²) in [7, 11) is -2.80. The minimum absolute atomic E-state index is 0.0411. The van der Waals surface area contributed by atoms with Gasteiger partial charge >= 0.3 is 5.97 Å². The van der Waals surface area contributed by atoms with Gasteiger partial charge in [-0.25, -0.2) is 18.6 Å². The Balaban J connectivity index is 1.76. The van der Waals surface area contributed by atoms with Gasteiger partial charge in [-0.2, -0.15) is 5.10 Å². The van der Waals surface area contributed by atoms with Gasteiger partial charge in [-0.1, -0.05) is 41.9 Å². The summed E-state index contributed by atoms with van der Waals surface area (Å²) in [6, 6.07) is 19.2. The molecule has 3 rings (SSSR count). The van der Waals surface area contributed by atoms with Gasteiger partial charge < -0.3 is 9.47 Å². The lowest BCUT2D eigenvalue weighted by atomic mass is 10.2. The maximum atomic E-state index is 13.4. The van der Waals surface area contributed by atoms with Crippen LogP contribution in [0.3, 0.4) is 0 Å². The summed E-state index contributed by atoms with van der Waals surface area (Å²) in [5.41, 5.74) is 3.83. The molecule has 0 aliphatic rings. The zero-order valence-electron chi connectivity index (χ0n) is 19.5. The van der Waals surface area contributed by atoms with E-state index in [-0.39, 0.29) is 11.5 Å². The minimum Gasteiger partial charge on any atom is -0.482 e. The van der Waals surface area contributed by atoms with Crippen LogP contribution < -0.4 is 14.5 Å². The Morgan fingerprint density at radius 3 is 2.50 bits per heavy atom. The zero-order valence-corrected chi connectivity index (χ0v) is 21.1. The molecule has 0 radical (unpaired) electrons. The third-order valence-corrected chi connectivity index (χ3v) is 6.90. The number of carbonyl (C=O) groups is 2. The number of carbonyl (C=O) groups excluding carboxylic acids is 2. The fraction of sp³-hybridized carbons (Fsp3) is 0.160.